The fourth-order valence-corrected chi connectivity index (χ4v) is 1.60. The maximum atomic E-state index is 13.5. The van der Waals surface area contributed by atoms with Gasteiger partial charge in [0.15, 0.2) is 0 Å². The van der Waals surface area contributed by atoms with E-state index in [0.29, 0.717) is 0 Å². The van der Waals surface area contributed by atoms with Gasteiger partial charge in [-0.1, -0.05) is 22.0 Å². The molecular weight excluding hydrogens is 219 g/mol. The highest BCUT2D eigenvalue weighted by Crippen LogP contribution is 2.29. The van der Waals surface area contributed by atoms with Crippen LogP contribution in [0.1, 0.15) is 25.0 Å². The van der Waals surface area contributed by atoms with Gasteiger partial charge in [-0.3, -0.25) is 0 Å². The van der Waals surface area contributed by atoms with Crippen molar-refractivity contribution in [1.29, 1.82) is 0 Å². The largest absolute Gasteiger partial charge is 0.239 e. The summed E-state index contributed by atoms with van der Waals surface area (Å²) in [5, 5.41) is 0. The summed E-state index contributed by atoms with van der Waals surface area (Å²) in [5.74, 6) is 0. The summed E-state index contributed by atoms with van der Waals surface area (Å²) in [6.45, 7) is 5.06. The van der Waals surface area contributed by atoms with Crippen LogP contribution in [-0.2, 0) is 5.67 Å². The summed E-state index contributed by atoms with van der Waals surface area (Å²) >= 11 is 3.32. The molecule has 1 rings (SSSR count). The highest BCUT2D eigenvalue weighted by molar-refractivity contribution is 9.10. The zero-order chi connectivity index (χ0) is 9.35. The molecule has 0 fully saturated rings. The number of hydrogen-bond acceptors (Lipinski definition) is 0. The van der Waals surface area contributed by atoms with Crippen LogP contribution in [0, 0.1) is 6.92 Å². The zero-order valence-corrected chi connectivity index (χ0v) is 9.07. The standard InChI is InChI=1S/C10H12BrF/c1-7-4-5-8(11)6-9(7)10(2,3)12/h4-6H,1-3H3. The van der Waals surface area contributed by atoms with Gasteiger partial charge < -0.3 is 0 Å². The molecule has 0 aromatic heterocycles. The molecule has 0 spiro atoms. The molecule has 0 aliphatic rings. The highest BCUT2D eigenvalue weighted by Gasteiger charge is 2.20. The number of hydrogen-bond donors (Lipinski definition) is 0. The van der Waals surface area contributed by atoms with Gasteiger partial charge in [-0.05, 0) is 44.0 Å². The number of aryl methyl sites for hydroxylation is 1. The minimum Gasteiger partial charge on any atom is -0.239 e. The Bertz CT molecular complexity index is 286. The van der Waals surface area contributed by atoms with Gasteiger partial charge in [-0.25, -0.2) is 4.39 Å². The molecule has 0 unspecified atom stereocenters. The molecule has 0 heterocycles. The third-order valence-corrected chi connectivity index (χ3v) is 2.33. The summed E-state index contributed by atoms with van der Waals surface area (Å²) in [6.07, 6.45) is 0. The van der Waals surface area contributed by atoms with Crippen molar-refractivity contribution in [1.82, 2.24) is 0 Å². The molecule has 0 aliphatic heterocycles. The van der Waals surface area contributed by atoms with Crippen molar-refractivity contribution in [3.8, 4) is 0 Å². The summed E-state index contributed by atoms with van der Waals surface area (Å²) in [7, 11) is 0. The van der Waals surface area contributed by atoms with Gasteiger partial charge in [0.25, 0.3) is 0 Å². The fraction of sp³-hybridized carbons (Fsp3) is 0.400. The first-order valence-corrected chi connectivity index (χ1v) is 4.66. The zero-order valence-electron chi connectivity index (χ0n) is 7.49. The Morgan fingerprint density at radius 3 is 2.33 bits per heavy atom. The van der Waals surface area contributed by atoms with E-state index >= 15 is 0 Å². The Hall–Kier alpha value is -0.370. The molecular formula is C10H12BrF. The Balaban J connectivity index is 3.23. The Morgan fingerprint density at radius 2 is 1.92 bits per heavy atom. The lowest BCUT2D eigenvalue weighted by Crippen LogP contribution is -2.10. The molecule has 0 saturated heterocycles. The summed E-state index contributed by atoms with van der Waals surface area (Å²) < 4.78 is 14.5. The predicted molar refractivity (Wildman–Crippen MR) is 53.0 cm³/mol. The Morgan fingerprint density at radius 1 is 1.33 bits per heavy atom. The lowest BCUT2D eigenvalue weighted by atomic mass is 9.96. The normalized spacial score (nSPS) is 11.8. The predicted octanol–water partition coefficient (Wildman–Crippen LogP) is 3.96. The smallest absolute Gasteiger partial charge is 0.130 e. The van der Waals surface area contributed by atoms with E-state index in [0.717, 1.165) is 15.6 Å². The van der Waals surface area contributed by atoms with Crippen molar-refractivity contribution in [2.45, 2.75) is 26.4 Å². The SMILES string of the molecule is Cc1ccc(Br)cc1C(C)(C)F. The minimum atomic E-state index is -1.26. The average molecular weight is 231 g/mol. The van der Waals surface area contributed by atoms with E-state index in [4.69, 9.17) is 0 Å². The molecule has 1 aromatic carbocycles. The van der Waals surface area contributed by atoms with Crippen LogP contribution in [0.15, 0.2) is 22.7 Å². The van der Waals surface area contributed by atoms with Crippen molar-refractivity contribution in [3.05, 3.63) is 33.8 Å². The first kappa shape index (κ1) is 9.72. The van der Waals surface area contributed by atoms with E-state index in [2.05, 4.69) is 15.9 Å². The number of halogens is 2. The van der Waals surface area contributed by atoms with Gasteiger partial charge in [0.2, 0.25) is 0 Å². The summed E-state index contributed by atoms with van der Waals surface area (Å²) in [5.41, 5.74) is 0.482. The molecule has 0 nitrogen and oxygen atoms in total. The third-order valence-electron chi connectivity index (χ3n) is 1.84. The second-order valence-electron chi connectivity index (χ2n) is 3.43. The second kappa shape index (κ2) is 3.17. The van der Waals surface area contributed by atoms with Crippen LogP contribution in [-0.4, -0.2) is 0 Å². The van der Waals surface area contributed by atoms with Gasteiger partial charge in [0, 0.05) is 4.47 Å². The van der Waals surface area contributed by atoms with Crippen LogP contribution in [0.5, 0.6) is 0 Å². The van der Waals surface area contributed by atoms with Crippen molar-refractivity contribution >= 4 is 15.9 Å². The van der Waals surface area contributed by atoms with Gasteiger partial charge in [0.05, 0.1) is 0 Å². The van der Waals surface area contributed by atoms with E-state index in [1.165, 1.54) is 0 Å². The van der Waals surface area contributed by atoms with Crippen LogP contribution < -0.4 is 0 Å². The van der Waals surface area contributed by atoms with E-state index in [1.807, 2.05) is 25.1 Å². The van der Waals surface area contributed by atoms with Crippen LogP contribution >= 0.6 is 15.9 Å². The molecule has 0 saturated carbocycles. The maximum absolute atomic E-state index is 13.5. The van der Waals surface area contributed by atoms with Crippen molar-refractivity contribution in [3.63, 3.8) is 0 Å². The van der Waals surface area contributed by atoms with Crippen molar-refractivity contribution in [2.24, 2.45) is 0 Å². The van der Waals surface area contributed by atoms with Gasteiger partial charge in [0.1, 0.15) is 5.67 Å². The van der Waals surface area contributed by atoms with Gasteiger partial charge >= 0.3 is 0 Å². The maximum Gasteiger partial charge on any atom is 0.130 e. The lowest BCUT2D eigenvalue weighted by molar-refractivity contribution is 0.220. The molecule has 0 amide bonds. The highest BCUT2D eigenvalue weighted by atomic mass is 79.9. The molecule has 0 radical (unpaired) electrons. The van der Waals surface area contributed by atoms with Gasteiger partial charge in [-0.2, -0.15) is 0 Å². The first-order chi connectivity index (χ1) is 5.41. The topological polar surface area (TPSA) is 0 Å². The molecule has 12 heavy (non-hydrogen) atoms. The number of rotatable bonds is 1. The van der Waals surface area contributed by atoms with E-state index < -0.39 is 5.67 Å². The number of alkyl halides is 1. The van der Waals surface area contributed by atoms with Crippen LogP contribution in [0.4, 0.5) is 4.39 Å². The summed E-state index contributed by atoms with van der Waals surface area (Å²) in [4.78, 5) is 0. The molecule has 66 valence electrons. The molecule has 0 N–H and O–H groups in total. The second-order valence-corrected chi connectivity index (χ2v) is 4.35. The van der Waals surface area contributed by atoms with E-state index in [1.54, 1.807) is 13.8 Å². The number of benzene rings is 1. The van der Waals surface area contributed by atoms with Crippen molar-refractivity contribution < 1.29 is 4.39 Å². The fourth-order valence-electron chi connectivity index (χ4n) is 1.23. The van der Waals surface area contributed by atoms with E-state index in [9.17, 15) is 4.39 Å². The molecule has 0 atom stereocenters. The lowest BCUT2D eigenvalue weighted by Gasteiger charge is -2.17. The monoisotopic (exact) mass is 230 g/mol. The molecule has 2 heteroatoms. The van der Waals surface area contributed by atoms with Crippen LogP contribution in [0.3, 0.4) is 0 Å². The average Bonchev–Trinajstić information content (AvgIpc) is 1.92. The molecule has 1 aromatic rings. The van der Waals surface area contributed by atoms with Crippen molar-refractivity contribution in [2.75, 3.05) is 0 Å². The quantitative estimate of drug-likeness (QED) is 0.686. The molecule has 0 bridgehead atoms. The summed E-state index contributed by atoms with van der Waals surface area (Å²) in [6, 6.07) is 5.67. The van der Waals surface area contributed by atoms with Crippen LogP contribution in [0.25, 0.3) is 0 Å². The van der Waals surface area contributed by atoms with E-state index in [-0.39, 0.29) is 0 Å². The Kier molecular flexibility index (Phi) is 2.57. The Labute approximate surface area is 80.9 Å². The first-order valence-electron chi connectivity index (χ1n) is 3.87. The van der Waals surface area contributed by atoms with Crippen LogP contribution in [0.2, 0.25) is 0 Å². The minimum absolute atomic E-state index is 0.747. The third kappa shape index (κ3) is 2.07. The van der Waals surface area contributed by atoms with Gasteiger partial charge in [-0.15, -0.1) is 0 Å². The molecule has 0 aliphatic carbocycles.